The van der Waals surface area contributed by atoms with Crippen LogP contribution in [0.2, 0.25) is 0 Å². The van der Waals surface area contributed by atoms with Crippen molar-refractivity contribution < 1.29 is 9.47 Å². The Morgan fingerprint density at radius 1 is 1.03 bits per heavy atom. The van der Waals surface area contributed by atoms with E-state index in [1.807, 2.05) is 38.1 Å². The molecule has 0 atom stereocenters. The molecule has 1 aromatic carbocycles. The molecule has 8 heteroatoms. The summed E-state index contributed by atoms with van der Waals surface area (Å²) in [5.74, 6) is 1.25. The maximum absolute atomic E-state index is 12.6. The lowest BCUT2D eigenvalue weighted by atomic mass is 10.1. The zero-order chi connectivity index (χ0) is 20.5. The van der Waals surface area contributed by atoms with Crippen molar-refractivity contribution >= 4 is 5.65 Å². The molecule has 150 valence electrons. The van der Waals surface area contributed by atoms with Crippen molar-refractivity contribution in [2.75, 3.05) is 14.2 Å². The van der Waals surface area contributed by atoms with E-state index < -0.39 is 0 Å². The fourth-order valence-corrected chi connectivity index (χ4v) is 3.52. The summed E-state index contributed by atoms with van der Waals surface area (Å²) in [7, 11) is 3.18. The van der Waals surface area contributed by atoms with Gasteiger partial charge in [-0.2, -0.15) is 14.7 Å². The van der Waals surface area contributed by atoms with Gasteiger partial charge in [0.1, 0.15) is 5.65 Å². The molecule has 3 heterocycles. The minimum atomic E-state index is -0.166. The van der Waals surface area contributed by atoms with Crippen LogP contribution in [-0.4, -0.2) is 39.0 Å². The Morgan fingerprint density at radius 3 is 2.52 bits per heavy atom. The standard InChI is InChI=1S/C21H23N5O3/c1-12-16(13(2)24-23-12)7-6-15-10-21(27)26-20(22-15)11-17(25-26)14-5-8-18(28-3)19(9-14)29-4/h5,8-11,22H,6-7H2,1-4H3,(H,23,24). The van der Waals surface area contributed by atoms with E-state index in [0.29, 0.717) is 29.3 Å². The van der Waals surface area contributed by atoms with Crippen LogP contribution in [0, 0.1) is 13.8 Å². The lowest BCUT2D eigenvalue weighted by Crippen LogP contribution is -2.15. The predicted molar refractivity (Wildman–Crippen MR) is 110 cm³/mol. The van der Waals surface area contributed by atoms with Gasteiger partial charge in [-0.3, -0.25) is 9.89 Å². The van der Waals surface area contributed by atoms with Crippen molar-refractivity contribution in [3.05, 3.63) is 63.3 Å². The molecule has 0 aliphatic heterocycles. The molecule has 0 unspecified atom stereocenters. The fraction of sp³-hybridized carbons (Fsp3) is 0.286. The van der Waals surface area contributed by atoms with Gasteiger partial charge in [-0.25, -0.2) is 0 Å². The molecule has 2 N–H and O–H groups in total. The second-order valence-corrected chi connectivity index (χ2v) is 6.94. The van der Waals surface area contributed by atoms with Crippen molar-refractivity contribution in [2.45, 2.75) is 26.7 Å². The van der Waals surface area contributed by atoms with Crippen molar-refractivity contribution in [1.82, 2.24) is 24.8 Å². The van der Waals surface area contributed by atoms with E-state index in [9.17, 15) is 4.79 Å². The monoisotopic (exact) mass is 393 g/mol. The van der Waals surface area contributed by atoms with Crippen LogP contribution in [0.4, 0.5) is 0 Å². The SMILES string of the molecule is COc1ccc(-c2cc3[nH]c(CCc4c(C)n[nH]c4C)cc(=O)n3n2)cc1OC. The topological polar surface area (TPSA) is 97.3 Å². The van der Waals surface area contributed by atoms with Crippen LogP contribution in [0.3, 0.4) is 0 Å². The molecule has 0 fully saturated rings. The lowest BCUT2D eigenvalue weighted by molar-refractivity contribution is 0.355. The average Bonchev–Trinajstić information content (AvgIpc) is 3.29. The summed E-state index contributed by atoms with van der Waals surface area (Å²) in [6.07, 6.45) is 1.51. The molecule has 3 aromatic heterocycles. The molecular weight excluding hydrogens is 370 g/mol. The smallest absolute Gasteiger partial charge is 0.274 e. The molecule has 4 rings (SSSR count). The summed E-state index contributed by atoms with van der Waals surface area (Å²) in [6.45, 7) is 3.99. The van der Waals surface area contributed by atoms with Gasteiger partial charge in [-0.15, -0.1) is 0 Å². The minimum absolute atomic E-state index is 0.166. The largest absolute Gasteiger partial charge is 0.493 e. The normalized spacial score (nSPS) is 11.2. The molecule has 0 bridgehead atoms. The highest BCUT2D eigenvalue weighted by Crippen LogP contribution is 2.31. The fourth-order valence-electron chi connectivity index (χ4n) is 3.52. The van der Waals surface area contributed by atoms with E-state index in [0.717, 1.165) is 29.1 Å². The van der Waals surface area contributed by atoms with Gasteiger partial charge in [0.05, 0.1) is 25.6 Å². The number of aromatic amines is 2. The Bertz CT molecular complexity index is 1220. The third-order valence-electron chi connectivity index (χ3n) is 5.11. The summed E-state index contributed by atoms with van der Waals surface area (Å²) in [6, 6.07) is 9.01. The van der Waals surface area contributed by atoms with Crippen LogP contribution in [-0.2, 0) is 12.8 Å². The third kappa shape index (κ3) is 3.49. The van der Waals surface area contributed by atoms with Crippen molar-refractivity contribution in [2.24, 2.45) is 0 Å². The van der Waals surface area contributed by atoms with Crippen molar-refractivity contribution in [3.63, 3.8) is 0 Å². The Morgan fingerprint density at radius 2 is 1.83 bits per heavy atom. The highest BCUT2D eigenvalue weighted by molar-refractivity contribution is 5.67. The maximum atomic E-state index is 12.6. The number of fused-ring (bicyclic) bond motifs is 1. The molecule has 29 heavy (non-hydrogen) atoms. The van der Waals surface area contributed by atoms with Crippen molar-refractivity contribution in [3.8, 4) is 22.8 Å². The molecular formula is C21H23N5O3. The Hall–Kier alpha value is -3.55. The van der Waals surface area contributed by atoms with Gasteiger partial charge in [0.15, 0.2) is 11.5 Å². The molecule has 0 aliphatic carbocycles. The number of hydrogen-bond acceptors (Lipinski definition) is 5. The van der Waals surface area contributed by atoms with Crippen molar-refractivity contribution in [1.29, 1.82) is 0 Å². The third-order valence-corrected chi connectivity index (χ3v) is 5.11. The van der Waals surface area contributed by atoms with Gasteiger partial charge in [0.2, 0.25) is 0 Å². The van der Waals surface area contributed by atoms with Crippen LogP contribution in [0.25, 0.3) is 16.9 Å². The first-order valence-electron chi connectivity index (χ1n) is 9.35. The number of nitrogens with one attached hydrogen (secondary N) is 2. The molecule has 4 aromatic rings. The van der Waals surface area contributed by atoms with Gasteiger partial charge in [-0.05, 0) is 50.5 Å². The van der Waals surface area contributed by atoms with E-state index in [1.54, 1.807) is 20.3 Å². The summed E-state index contributed by atoms with van der Waals surface area (Å²) in [5, 5.41) is 11.7. The summed E-state index contributed by atoms with van der Waals surface area (Å²) >= 11 is 0. The first-order valence-corrected chi connectivity index (χ1v) is 9.35. The molecule has 0 aliphatic rings. The molecule has 0 saturated heterocycles. The second kappa shape index (κ2) is 7.46. The van der Waals surface area contributed by atoms with Crippen LogP contribution in [0.5, 0.6) is 11.5 Å². The second-order valence-electron chi connectivity index (χ2n) is 6.94. The summed E-state index contributed by atoms with van der Waals surface area (Å²) in [5.41, 5.74) is 6.10. The van der Waals surface area contributed by atoms with E-state index in [1.165, 1.54) is 10.1 Å². The maximum Gasteiger partial charge on any atom is 0.274 e. The highest BCUT2D eigenvalue weighted by Gasteiger charge is 2.12. The van der Waals surface area contributed by atoms with Gasteiger partial charge < -0.3 is 14.5 Å². The Balaban J connectivity index is 1.66. The number of aromatic nitrogens is 5. The number of methoxy groups -OCH3 is 2. The minimum Gasteiger partial charge on any atom is -0.493 e. The number of benzene rings is 1. The first-order chi connectivity index (χ1) is 14.0. The van der Waals surface area contributed by atoms with Gasteiger partial charge in [-0.1, -0.05) is 0 Å². The molecule has 0 spiro atoms. The number of nitrogens with zero attached hydrogens (tertiary/aromatic N) is 3. The first kappa shape index (κ1) is 18.8. The number of ether oxygens (including phenoxy) is 2. The highest BCUT2D eigenvalue weighted by atomic mass is 16.5. The Labute approximate surface area is 167 Å². The van der Waals surface area contributed by atoms with E-state index in [2.05, 4.69) is 20.3 Å². The summed E-state index contributed by atoms with van der Waals surface area (Å²) in [4.78, 5) is 15.9. The molecule has 0 amide bonds. The molecule has 0 radical (unpaired) electrons. The molecule has 0 saturated carbocycles. The van der Waals surface area contributed by atoms with Gasteiger partial charge in [0.25, 0.3) is 5.56 Å². The zero-order valence-corrected chi connectivity index (χ0v) is 16.9. The van der Waals surface area contributed by atoms with Gasteiger partial charge in [0, 0.05) is 29.1 Å². The van der Waals surface area contributed by atoms with Crippen LogP contribution < -0.4 is 15.0 Å². The Kier molecular flexibility index (Phi) is 4.84. The summed E-state index contributed by atoms with van der Waals surface area (Å²) < 4.78 is 12.0. The van der Waals surface area contributed by atoms with Crippen LogP contribution in [0.15, 0.2) is 35.1 Å². The average molecular weight is 393 g/mol. The number of H-pyrrole nitrogens is 2. The van der Waals surface area contributed by atoms with Crippen LogP contribution in [0.1, 0.15) is 22.6 Å². The van der Waals surface area contributed by atoms with Gasteiger partial charge >= 0.3 is 0 Å². The van der Waals surface area contributed by atoms with E-state index in [4.69, 9.17) is 9.47 Å². The van der Waals surface area contributed by atoms with E-state index >= 15 is 0 Å². The zero-order valence-electron chi connectivity index (χ0n) is 16.9. The molecule has 8 nitrogen and oxygen atoms in total. The number of aryl methyl sites for hydroxylation is 3. The van der Waals surface area contributed by atoms with E-state index in [-0.39, 0.29) is 5.56 Å². The number of hydrogen-bond donors (Lipinski definition) is 2. The van der Waals surface area contributed by atoms with Crippen LogP contribution >= 0.6 is 0 Å². The quantitative estimate of drug-likeness (QED) is 0.525. The number of rotatable bonds is 6. The lowest BCUT2D eigenvalue weighted by Gasteiger charge is -2.08. The predicted octanol–water partition coefficient (Wildman–Crippen LogP) is 2.83.